The van der Waals surface area contributed by atoms with Gasteiger partial charge in [0.05, 0.1) is 5.52 Å². The zero-order valence-electron chi connectivity index (χ0n) is 10.9. The minimum absolute atomic E-state index is 0.826. The number of hydrogen-bond acceptors (Lipinski definition) is 2. The Hall–Kier alpha value is -1.41. The van der Waals surface area contributed by atoms with Crippen molar-refractivity contribution in [2.45, 2.75) is 26.3 Å². The van der Waals surface area contributed by atoms with E-state index >= 15 is 0 Å². The lowest BCUT2D eigenvalue weighted by Gasteiger charge is -2.11. The molecule has 1 heterocycles. The fourth-order valence-electron chi connectivity index (χ4n) is 2.51. The first-order chi connectivity index (χ1) is 8.83. The van der Waals surface area contributed by atoms with Gasteiger partial charge in [-0.1, -0.05) is 19.1 Å². The molecule has 1 atom stereocenters. The van der Waals surface area contributed by atoms with E-state index in [1.165, 1.54) is 23.8 Å². The van der Waals surface area contributed by atoms with E-state index < -0.39 is 0 Å². The number of nitrogens with zero attached hydrogens (tertiary/aromatic N) is 1. The summed E-state index contributed by atoms with van der Waals surface area (Å²) in [6.07, 6.45) is 4.71. The van der Waals surface area contributed by atoms with E-state index in [9.17, 15) is 0 Å². The number of hydrogen-bond donors (Lipinski definition) is 1. The fourth-order valence-corrected chi connectivity index (χ4v) is 2.51. The largest absolute Gasteiger partial charge is 0.312 e. The molecule has 1 N–H and O–H groups in total. The summed E-state index contributed by atoms with van der Waals surface area (Å²) in [5.41, 5.74) is 2.42. The molecule has 1 saturated carbocycles. The topological polar surface area (TPSA) is 24.9 Å². The van der Waals surface area contributed by atoms with Crippen LogP contribution in [-0.4, -0.2) is 11.5 Å². The molecule has 2 nitrogen and oxygen atoms in total. The molecule has 1 aromatic carbocycles. The Bertz CT molecular complexity index is 531. The third-order valence-electron chi connectivity index (χ3n) is 3.89. The van der Waals surface area contributed by atoms with Crippen LogP contribution < -0.4 is 5.32 Å². The SMILES string of the molecule is CC(CNCc1ccc2ncccc2c1)C1CC1. The van der Waals surface area contributed by atoms with Crippen LogP contribution in [0.2, 0.25) is 0 Å². The summed E-state index contributed by atoms with van der Waals surface area (Å²) < 4.78 is 0. The number of pyridine rings is 1. The molecule has 1 aromatic heterocycles. The molecular formula is C16H20N2. The van der Waals surface area contributed by atoms with E-state index in [1.54, 1.807) is 0 Å². The summed E-state index contributed by atoms with van der Waals surface area (Å²) in [5, 5.41) is 4.80. The first-order valence-corrected chi connectivity index (χ1v) is 6.87. The number of benzene rings is 1. The van der Waals surface area contributed by atoms with Gasteiger partial charge < -0.3 is 5.32 Å². The second-order valence-corrected chi connectivity index (χ2v) is 5.48. The highest BCUT2D eigenvalue weighted by Gasteiger charge is 2.27. The van der Waals surface area contributed by atoms with Gasteiger partial charge >= 0.3 is 0 Å². The Kier molecular flexibility index (Phi) is 3.28. The second kappa shape index (κ2) is 5.07. The van der Waals surface area contributed by atoms with Crippen molar-refractivity contribution in [3.05, 3.63) is 42.1 Å². The van der Waals surface area contributed by atoms with Crippen LogP contribution in [0.1, 0.15) is 25.3 Å². The fraction of sp³-hybridized carbons (Fsp3) is 0.438. The van der Waals surface area contributed by atoms with E-state index in [0.29, 0.717) is 0 Å². The third kappa shape index (κ3) is 2.70. The van der Waals surface area contributed by atoms with Gasteiger partial charge in [-0.25, -0.2) is 0 Å². The Balaban J connectivity index is 1.60. The summed E-state index contributed by atoms with van der Waals surface area (Å²) in [4.78, 5) is 4.34. The lowest BCUT2D eigenvalue weighted by molar-refractivity contribution is 0.462. The highest BCUT2D eigenvalue weighted by Crippen LogP contribution is 2.36. The average molecular weight is 240 g/mol. The van der Waals surface area contributed by atoms with Crippen molar-refractivity contribution in [3.8, 4) is 0 Å². The van der Waals surface area contributed by atoms with E-state index in [2.05, 4.69) is 41.5 Å². The van der Waals surface area contributed by atoms with Gasteiger partial charge in [-0.15, -0.1) is 0 Å². The number of fused-ring (bicyclic) bond motifs is 1. The van der Waals surface area contributed by atoms with Gasteiger partial charge in [-0.2, -0.15) is 0 Å². The molecule has 0 amide bonds. The second-order valence-electron chi connectivity index (χ2n) is 5.48. The van der Waals surface area contributed by atoms with Gasteiger partial charge in [0, 0.05) is 18.1 Å². The lowest BCUT2D eigenvalue weighted by atomic mass is 10.1. The number of rotatable bonds is 5. The quantitative estimate of drug-likeness (QED) is 0.866. The summed E-state index contributed by atoms with van der Waals surface area (Å²) in [6.45, 7) is 4.45. The van der Waals surface area contributed by atoms with Crippen LogP contribution in [0.25, 0.3) is 10.9 Å². The van der Waals surface area contributed by atoms with Crippen molar-refractivity contribution in [2.75, 3.05) is 6.54 Å². The first kappa shape index (κ1) is 11.7. The van der Waals surface area contributed by atoms with E-state index in [-0.39, 0.29) is 0 Å². The lowest BCUT2D eigenvalue weighted by Crippen LogP contribution is -2.21. The Morgan fingerprint density at radius 2 is 2.22 bits per heavy atom. The van der Waals surface area contributed by atoms with Gasteiger partial charge in [0.15, 0.2) is 0 Å². The summed E-state index contributed by atoms with van der Waals surface area (Å²) in [6, 6.07) is 10.6. The van der Waals surface area contributed by atoms with E-state index in [1.807, 2.05) is 12.3 Å². The Morgan fingerprint density at radius 1 is 1.33 bits per heavy atom. The molecule has 1 aliphatic carbocycles. The maximum absolute atomic E-state index is 4.34. The molecule has 94 valence electrons. The maximum Gasteiger partial charge on any atom is 0.0702 e. The predicted molar refractivity (Wildman–Crippen MR) is 75.3 cm³/mol. The van der Waals surface area contributed by atoms with E-state index in [0.717, 1.165) is 30.4 Å². The highest BCUT2D eigenvalue weighted by atomic mass is 14.9. The van der Waals surface area contributed by atoms with Crippen LogP contribution in [0.15, 0.2) is 36.5 Å². The third-order valence-corrected chi connectivity index (χ3v) is 3.89. The van der Waals surface area contributed by atoms with Crippen LogP contribution in [-0.2, 0) is 6.54 Å². The van der Waals surface area contributed by atoms with Crippen molar-refractivity contribution in [1.29, 1.82) is 0 Å². The van der Waals surface area contributed by atoms with Gasteiger partial charge in [0.25, 0.3) is 0 Å². The molecule has 3 rings (SSSR count). The molecule has 0 radical (unpaired) electrons. The molecule has 2 heteroatoms. The summed E-state index contributed by atoms with van der Waals surface area (Å²) in [7, 11) is 0. The van der Waals surface area contributed by atoms with Crippen molar-refractivity contribution < 1.29 is 0 Å². The van der Waals surface area contributed by atoms with Gasteiger partial charge in [0.2, 0.25) is 0 Å². The number of nitrogens with one attached hydrogen (secondary N) is 1. The molecule has 1 aliphatic rings. The molecule has 0 spiro atoms. The smallest absolute Gasteiger partial charge is 0.0702 e. The van der Waals surface area contributed by atoms with Gasteiger partial charge in [0.1, 0.15) is 0 Å². The van der Waals surface area contributed by atoms with Crippen LogP contribution in [0.5, 0.6) is 0 Å². The zero-order chi connectivity index (χ0) is 12.4. The predicted octanol–water partition coefficient (Wildman–Crippen LogP) is 3.37. The normalized spacial score (nSPS) is 16.9. The molecule has 0 saturated heterocycles. The molecule has 0 bridgehead atoms. The van der Waals surface area contributed by atoms with Crippen LogP contribution in [0.3, 0.4) is 0 Å². The minimum atomic E-state index is 0.826. The van der Waals surface area contributed by atoms with Crippen LogP contribution in [0.4, 0.5) is 0 Å². The molecule has 1 fully saturated rings. The van der Waals surface area contributed by atoms with E-state index in [4.69, 9.17) is 0 Å². The molecule has 2 aromatic rings. The maximum atomic E-state index is 4.34. The summed E-state index contributed by atoms with van der Waals surface area (Å²) in [5.74, 6) is 1.81. The average Bonchev–Trinajstić information content (AvgIpc) is 3.23. The van der Waals surface area contributed by atoms with Crippen molar-refractivity contribution in [1.82, 2.24) is 10.3 Å². The Morgan fingerprint density at radius 3 is 3.06 bits per heavy atom. The van der Waals surface area contributed by atoms with Crippen molar-refractivity contribution >= 4 is 10.9 Å². The Labute approximate surface area is 108 Å². The molecular weight excluding hydrogens is 220 g/mol. The zero-order valence-corrected chi connectivity index (χ0v) is 10.9. The van der Waals surface area contributed by atoms with Crippen LogP contribution in [0, 0.1) is 11.8 Å². The molecule has 0 aliphatic heterocycles. The molecule has 1 unspecified atom stereocenters. The first-order valence-electron chi connectivity index (χ1n) is 6.87. The summed E-state index contributed by atoms with van der Waals surface area (Å²) >= 11 is 0. The minimum Gasteiger partial charge on any atom is -0.312 e. The standard InChI is InChI=1S/C16H20N2/c1-12(14-5-6-14)10-17-11-13-4-7-16-15(9-13)3-2-8-18-16/h2-4,7-9,12,14,17H,5-6,10-11H2,1H3. The van der Waals surface area contributed by atoms with Gasteiger partial charge in [-0.3, -0.25) is 4.98 Å². The molecule has 18 heavy (non-hydrogen) atoms. The monoisotopic (exact) mass is 240 g/mol. The highest BCUT2D eigenvalue weighted by molar-refractivity contribution is 5.78. The van der Waals surface area contributed by atoms with Crippen molar-refractivity contribution in [3.63, 3.8) is 0 Å². The number of aromatic nitrogens is 1. The van der Waals surface area contributed by atoms with Crippen LogP contribution >= 0.6 is 0 Å². The van der Waals surface area contributed by atoms with Gasteiger partial charge in [-0.05, 0) is 55.0 Å². The van der Waals surface area contributed by atoms with Crippen molar-refractivity contribution in [2.24, 2.45) is 11.8 Å².